The molecule has 0 bridgehead atoms. The van der Waals surface area contributed by atoms with Crippen LogP contribution in [0, 0.1) is 0 Å². The van der Waals surface area contributed by atoms with Crippen LogP contribution in [0.25, 0.3) is 11.3 Å². The first-order valence-corrected chi connectivity index (χ1v) is 8.57. The van der Waals surface area contributed by atoms with E-state index in [-0.39, 0.29) is 12.0 Å². The number of rotatable bonds is 4. The number of likely N-dealkylation sites (tertiary alicyclic amines) is 1. The largest absolute Gasteiger partial charge is 0.468 e. The number of piperidine rings is 1. The van der Waals surface area contributed by atoms with E-state index in [4.69, 9.17) is 32.5 Å². The molecule has 0 aliphatic carbocycles. The van der Waals surface area contributed by atoms with Crippen LogP contribution in [0.15, 0.2) is 28.8 Å². The van der Waals surface area contributed by atoms with Crippen LogP contribution < -0.4 is 0 Å². The molecule has 0 radical (unpaired) electrons. The second-order valence-electron chi connectivity index (χ2n) is 5.81. The van der Waals surface area contributed by atoms with Crippen LogP contribution >= 0.6 is 23.2 Å². The molecule has 1 aliphatic rings. The highest BCUT2D eigenvalue weighted by Gasteiger charge is 2.30. The molecule has 0 spiro atoms. The summed E-state index contributed by atoms with van der Waals surface area (Å²) in [6.07, 6.45) is 2.88. The number of benzene rings is 1. The second-order valence-corrected chi connectivity index (χ2v) is 6.65. The fraction of sp³-hybridized carbons (Fsp3) is 0.412. The van der Waals surface area contributed by atoms with Gasteiger partial charge in [-0.2, -0.15) is 0 Å². The average molecular weight is 369 g/mol. The number of carbonyl (C=O) groups is 1. The van der Waals surface area contributed by atoms with Crippen LogP contribution in [0.2, 0.25) is 10.0 Å². The Kier molecular flexibility index (Phi) is 5.43. The smallest absolute Gasteiger partial charge is 0.323 e. The van der Waals surface area contributed by atoms with Crippen molar-refractivity contribution in [2.75, 3.05) is 13.7 Å². The van der Waals surface area contributed by atoms with Gasteiger partial charge in [0.25, 0.3) is 0 Å². The van der Waals surface area contributed by atoms with Gasteiger partial charge < -0.3 is 9.26 Å². The number of nitrogens with zero attached hydrogens (tertiary/aromatic N) is 2. The fourth-order valence-electron chi connectivity index (χ4n) is 3.00. The molecule has 0 saturated carbocycles. The first kappa shape index (κ1) is 17.3. The monoisotopic (exact) mass is 368 g/mol. The zero-order chi connectivity index (χ0) is 17.1. The van der Waals surface area contributed by atoms with E-state index >= 15 is 0 Å². The van der Waals surface area contributed by atoms with Crippen molar-refractivity contribution in [2.24, 2.45) is 0 Å². The van der Waals surface area contributed by atoms with Crippen LogP contribution in [-0.2, 0) is 16.1 Å². The van der Waals surface area contributed by atoms with Gasteiger partial charge in [-0.15, -0.1) is 0 Å². The Morgan fingerprint density at radius 2 is 2.21 bits per heavy atom. The number of hydrogen-bond donors (Lipinski definition) is 0. The Morgan fingerprint density at radius 1 is 1.38 bits per heavy atom. The third-order valence-corrected chi connectivity index (χ3v) is 4.76. The molecule has 1 aromatic carbocycles. The molecule has 3 rings (SSSR count). The lowest BCUT2D eigenvalue weighted by Crippen LogP contribution is -2.44. The first-order chi connectivity index (χ1) is 11.6. The number of ether oxygens (including phenoxy) is 1. The summed E-state index contributed by atoms with van der Waals surface area (Å²) in [4.78, 5) is 14.0. The second kappa shape index (κ2) is 7.55. The molecule has 0 N–H and O–H groups in total. The minimum absolute atomic E-state index is 0.199. The van der Waals surface area contributed by atoms with Gasteiger partial charge in [-0.25, -0.2) is 0 Å². The van der Waals surface area contributed by atoms with Crippen LogP contribution in [0.3, 0.4) is 0 Å². The minimum Gasteiger partial charge on any atom is -0.468 e. The lowest BCUT2D eigenvalue weighted by atomic mass is 10.0. The van der Waals surface area contributed by atoms with Crippen molar-refractivity contribution < 1.29 is 14.1 Å². The molecule has 0 amide bonds. The first-order valence-electron chi connectivity index (χ1n) is 7.81. The predicted octanol–water partition coefficient (Wildman–Crippen LogP) is 4.18. The van der Waals surface area contributed by atoms with Crippen molar-refractivity contribution in [2.45, 2.75) is 31.8 Å². The highest BCUT2D eigenvalue weighted by Crippen LogP contribution is 2.30. The Bertz CT molecular complexity index is 732. The summed E-state index contributed by atoms with van der Waals surface area (Å²) in [6, 6.07) is 6.86. The van der Waals surface area contributed by atoms with Crippen LogP contribution in [0.1, 0.15) is 25.0 Å². The molecule has 1 aromatic heterocycles. The summed E-state index contributed by atoms with van der Waals surface area (Å²) in [6.45, 7) is 1.34. The van der Waals surface area contributed by atoms with E-state index in [1.54, 1.807) is 12.1 Å². The molecule has 1 saturated heterocycles. The summed E-state index contributed by atoms with van der Waals surface area (Å²) in [5, 5.41) is 5.18. The van der Waals surface area contributed by atoms with E-state index in [0.717, 1.165) is 31.4 Å². The standard InChI is InChI=1S/C17H18Cl2N2O3/c1-23-17(22)16-4-2-3-7-21(16)10-12-9-15(20-24-12)13-6-5-11(18)8-14(13)19/h5-6,8-9,16H,2-4,7,10H2,1H3/t16-/m1/s1. The van der Waals surface area contributed by atoms with E-state index in [1.165, 1.54) is 7.11 Å². The maximum atomic E-state index is 11.9. The number of esters is 1. The van der Waals surface area contributed by atoms with Crippen molar-refractivity contribution in [3.05, 3.63) is 40.1 Å². The van der Waals surface area contributed by atoms with Gasteiger partial charge in [0.1, 0.15) is 11.7 Å². The normalized spacial score (nSPS) is 18.5. The van der Waals surface area contributed by atoms with Gasteiger partial charge in [0.2, 0.25) is 0 Å². The third-order valence-electron chi connectivity index (χ3n) is 4.21. The van der Waals surface area contributed by atoms with E-state index in [0.29, 0.717) is 28.0 Å². The molecular weight excluding hydrogens is 351 g/mol. The van der Waals surface area contributed by atoms with Crippen molar-refractivity contribution in [3.8, 4) is 11.3 Å². The van der Waals surface area contributed by atoms with Crippen molar-refractivity contribution in [1.29, 1.82) is 0 Å². The maximum Gasteiger partial charge on any atom is 0.323 e. The summed E-state index contributed by atoms with van der Waals surface area (Å²) < 4.78 is 10.3. The number of aromatic nitrogens is 1. The zero-order valence-electron chi connectivity index (χ0n) is 13.3. The number of halogens is 2. The topological polar surface area (TPSA) is 55.6 Å². The molecular formula is C17H18Cl2N2O3. The Labute approximate surface area is 150 Å². The lowest BCUT2D eigenvalue weighted by Gasteiger charge is -2.32. The third kappa shape index (κ3) is 3.74. The quantitative estimate of drug-likeness (QED) is 0.757. The molecule has 5 nitrogen and oxygen atoms in total. The van der Waals surface area contributed by atoms with Crippen LogP contribution in [0.4, 0.5) is 0 Å². The van der Waals surface area contributed by atoms with Crippen LogP contribution in [-0.4, -0.2) is 35.7 Å². The van der Waals surface area contributed by atoms with Crippen molar-refractivity contribution in [3.63, 3.8) is 0 Å². The van der Waals surface area contributed by atoms with E-state index < -0.39 is 0 Å². The van der Waals surface area contributed by atoms with Crippen molar-refractivity contribution in [1.82, 2.24) is 10.1 Å². The average Bonchev–Trinajstić information content (AvgIpc) is 3.03. The van der Waals surface area contributed by atoms with E-state index in [9.17, 15) is 4.79 Å². The van der Waals surface area contributed by atoms with Gasteiger partial charge in [0.15, 0.2) is 5.76 Å². The minimum atomic E-state index is -0.226. The summed E-state index contributed by atoms with van der Waals surface area (Å²) >= 11 is 12.1. The van der Waals surface area contributed by atoms with Gasteiger partial charge in [-0.3, -0.25) is 9.69 Å². The van der Waals surface area contributed by atoms with Gasteiger partial charge in [0.05, 0.1) is 18.7 Å². The lowest BCUT2D eigenvalue weighted by molar-refractivity contribution is -0.148. The predicted molar refractivity (Wildman–Crippen MR) is 92.0 cm³/mol. The molecule has 24 heavy (non-hydrogen) atoms. The molecule has 2 heterocycles. The molecule has 1 atom stereocenters. The van der Waals surface area contributed by atoms with Gasteiger partial charge >= 0.3 is 5.97 Å². The highest BCUT2D eigenvalue weighted by molar-refractivity contribution is 6.36. The Hall–Kier alpha value is -1.56. The van der Waals surface area contributed by atoms with Gasteiger partial charge in [-0.1, -0.05) is 34.8 Å². The van der Waals surface area contributed by atoms with Gasteiger partial charge in [-0.05, 0) is 37.6 Å². The molecule has 7 heteroatoms. The Balaban J connectivity index is 1.76. The molecule has 1 fully saturated rings. The summed E-state index contributed by atoms with van der Waals surface area (Å²) in [5.74, 6) is 0.488. The highest BCUT2D eigenvalue weighted by atomic mass is 35.5. The molecule has 2 aromatic rings. The van der Waals surface area contributed by atoms with Crippen molar-refractivity contribution >= 4 is 29.2 Å². The Morgan fingerprint density at radius 3 is 2.96 bits per heavy atom. The fourth-order valence-corrected chi connectivity index (χ4v) is 3.50. The molecule has 128 valence electrons. The number of hydrogen-bond acceptors (Lipinski definition) is 5. The molecule has 1 aliphatic heterocycles. The van der Waals surface area contributed by atoms with Gasteiger partial charge in [0, 0.05) is 16.7 Å². The SMILES string of the molecule is COC(=O)[C@H]1CCCCN1Cc1cc(-c2ccc(Cl)cc2Cl)no1. The summed E-state index contributed by atoms with van der Waals surface area (Å²) in [5.41, 5.74) is 1.41. The molecule has 0 unspecified atom stereocenters. The van der Waals surface area contributed by atoms with E-state index in [2.05, 4.69) is 10.1 Å². The zero-order valence-corrected chi connectivity index (χ0v) is 14.8. The summed E-state index contributed by atoms with van der Waals surface area (Å²) in [7, 11) is 1.42. The van der Waals surface area contributed by atoms with E-state index in [1.807, 2.05) is 12.1 Å². The van der Waals surface area contributed by atoms with Crippen LogP contribution in [0.5, 0.6) is 0 Å². The maximum absolute atomic E-state index is 11.9. The number of methoxy groups -OCH3 is 1. The number of carbonyl (C=O) groups excluding carboxylic acids is 1.